The van der Waals surface area contributed by atoms with Crippen LogP contribution in [-0.2, 0) is 37.5 Å². The monoisotopic (exact) mass is 717 g/mol. The number of phosphoric ester groups is 1. The molecule has 0 saturated heterocycles. The average Bonchev–Trinajstić information content (AvgIpc) is 3.07. The molecular weight excluding hydrogens is 649 g/mol. The number of ether oxygens (including phenoxy) is 2. The number of hydrogen-bond acceptors (Lipinski definition) is 9. The van der Waals surface area contributed by atoms with Gasteiger partial charge in [-0.1, -0.05) is 128 Å². The maximum absolute atomic E-state index is 12.5. The van der Waals surface area contributed by atoms with Crippen molar-refractivity contribution in [1.29, 1.82) is 0 Å². The van der Waals surface area contributed by atoms with E-state index in [1.165, 1.54) is 57.8 Å². The number of esters is 2. The number of allylic oxidation sites excluding steroid dienone is 4. The summed E-state index contributed by atoms with van der Waals surface area (Å²) in [5.41, 5.74) is 5.31. The van der Waals surface area contributed by atoms with Crippen LogP contribution in [0.25, 0.3) is 0 Å². The van der Waals surface area contributed by atoms with E-state index in [9.17, 15) is 23.8 Å². The van der Waals surface area contributed by atoms with Gasteiger partial charge in [-0.3, -0.25) is 23.4 Å². The van der Waals surface area contributed by atoms with Crippen molar-refractivity contribution in [2.75, 3.05) is 19.8 Å². The third-order valence-corrected chi connectivity index (χ3v) is 8.90. The van der Waals surface area contributed by atoms with Crippen LogP contribution in [0, 0.1) is 0 Å². The van der Waals surface area contributed by atoms with E-state index in [2.05, 4.69) is 42.7 Å². The summed E-state index contributed by atoms with van der Waals surface area (Å²) in [6.07, 6.45) is 31.1. The number of carbonyl (C=O) groups is 3. The molecule has 0 amide bonds. The minimum absolute atomic E-state index is 0.147. The van der Waals surface area contributed by atoms with Crippen LogP contribution in [0.4, 0.5) is 0 Å². The molecule has 3 atom stereocenters. The number of carboxylic acids is 1. The standard InChI is InChI=1S/C37H68NO10P/c1-3-5-7-9-11-13-15-16-17-18-19-21-23-25-27-29-36(40)48-33(31-46-49(43,44)47-32-34(38)37(41)42)30-45-35(39)28-26-24-22-20-14-12-10-8-6-4-2/h11,13,16-17,33-34H,3-10,12,14-15,18-32,38H2,1-2H3,(H,41,42)(H,43,44)/b13-11+,17-16+/t33-,34+/m1/s1. The molecule has 0 heterocycles. The zero-order valence-corrected chi connectivity index (χ0v) is 31.4. The molecule has 0 bridgehead atoms. The number of nitrogens with two attached hydrogens (primary N) is 1. The maximum Gasteiger partial charge on any atom is 0.472 e. The summed E-state index contributed by atoms with van der Waals surface area (Å²) < 4.78 is 32.5. The lowest BCUT2D eigenvalue weighted by Gasteiger charge is -2.20. The van der Waals surface area contributed by atoms with Crippen LogP contribution < -0.4 is 5.73 Å². The molecule has 11 nitrogen and oxygen atoms in total. The summed E-state index contributed by atoms with van der Waals surface area (Å²) in [7, 11) is -4.71. The topological polar surface area (TPSA) is 172 Å². The van der Waals surface area contributed by atoms with Crippen molar-refractivity contribution in [1.82, 2.24) is 0 Å². The van der Waals surface area contributed by atoms with Gasteiger partial charge in [-0.15, -0.1) is 0 Å². The summed E-state index contributed by atoms with van der Waals surface area (Å²) in [5.74, 6) is -2.40. The zero-order valence-electron chi connectivity index (χ0n) is 30.5. The number of rotatable bonds is 35. The highest BCUT2D eigenvalue weighted by atomic mass is 31.2. The molecule has 0 saturated carbocycles. The second-order valence-corrected chi connectivity index (χ2v) is 14.2. The molecule has 4 N–H and O–H groups in total. The molecule has 12 heteroatoms. The van der Waals surface area contributed by atoms with E-state index in [0.717, 1.165) is 64.2 Å². The highest BCUT2D eigenvalue weighted by molar-refractivity contribution is 7.47. The highest BCUT2D eigenvalue weighted by Crippen LogP contribution is 2.43. The normalized spacial score (nSPS) is 14.2. The van der Waals surface area contributed by atoms with Crippen LogP contribution in [0.1, 0.15) is 162 Å². The first-order valence-corrected chi connectivity index (χ1v) is 20.4. The van der Waals surface area contributed by atoms with Crippen LogP contribution >= 0.6 is 7.82 Å². The minimum Gasteiger partial charge on any atom is -0.480 e. The van der Waals surface area contributed by atoms with Crippen molar-refractivity contribution < 1.29 is 47.5 Å². The Bertz CT molecular complexity index is 942. The molecule has 0 aromatic heterocycles. The van der Waals surface area contributed by atoms with Crippen molar-refractivity contribution in [3.05, 3.63) is 24.3 Å². The number of hydrogen-bond donors (Lipinski definition) is 3. The van der Waals surface area contributed by atoms with E-state index < -0.39 is 51.1 Å². The minimum atomic E-state index is -4.71. The Morgan fingerprint density at radius 1 is 0.633 bits per heavy atom. The van der Waals surface area contributed by atoms with Gasteiger partial charge in [0.05, 0.1) is 13.2 Å². The number of phosphoric acid groups is 1. The smallest absolute Gasteiger partial charge is 0.472 e. The zero-order chi connectivity index (χ0) is 36.4. The molecule has 0 aliphatic heterocycles. The Kier molecular flexibility index (Phi) is 31.7. The molecule has 0 aromatic rings. The lowest BCUT2D eigenvalue weighted by atomic mass is 10.1. The first-order chi connectivity index (χ1) is 23.6. The highest BCUT2D eigenvalue weighted by Gasteiger charge is 2.28. The van der Waals surface area contributed by atoms with E-state index in [0.29, 0.717) is 12.8 Å². The van der Waals surface area contributed by atoms with Gasteiger partial charge in [0.15, 0.2) is 6.10 Å². The van der Waals surface area contributed by atoms with Gasteiger partial charge in [-0.25, -0.2) is 4.57 Å². The molecule has 0 rings (SSSR count). The quantitative estimate of drug-likeness (QED) is 0.0247. The summed E-state index contributed by atoms with van der Waals surface area (Å²) in [6.45, 7) is 2.72. The Balaban J connectivity index is 4.47. The largest absolute Gasteiger partial charge is 0.480 e. The number of carboxylic acid groups (broad SMARTS) is 1. The fourth-order valence-electron chi connectivity index (χ4n) is 4.92. The first kappa shape index (κ1) is 47.0. The van der Waals surface area contributed by atoms with Gasteiger partial charge in [0.1, 0.15) is 12.6 Å². The fourth-order valence-corrected chi connectivity index (χ4v) is 5.70. The van der Waals surface area contributed by atoms with Crippen molar-refractivity contribution >= 4 is 25.7 Å². The summed E-state index contributed by atoms with van der Waals surface area (Å²) in [6, 6.07) is -1.52. The van der Waals surface area contributed by atoms with E-state index in [4.69, 9.17) is 24.8 Å². The van der Waals surface area contributed by atoms with Crippen molar-refractivity contribution in [3.63, 3.8) is 0 Å². The van der Waals surface area contributed by atoms with E-state index >= 15 is 0 Å². The third-order valence-electron chi connectivity index (χ3n) is 7.95. The van der Waals surface area contributed by atoms with E-state index in [1.807, 2.05) is 0 Å². The van der Waals surface area contributed by atoms with Crippen LogP contribution in [0.5, 0.6) is 0 Å². The molecule has 0 radical (unpaired) electrons. The molecule has 1 unspecified atom stereocenters. The lowest BCUT2D eigenvalue weighted by Crippen LogP contribution is -2.34. The predicted octanol–water partition coefficient (Wildman–Crippen LogP) is 9.11. The molecule has 49 heavy (non-hydrogen) atoms. The Labute approximate surface area is 296 Å². The Hall–Kier alpha value is -2.04. The van der Waals surface area contributed by atoms with Gasteiger partial charge in [-0.05, 0) is 44.9 Å². The number of unbranched alkanes of at least 4 members (excludes halogenated alkanes) is 17. The number of carbonyl (C=O) groups excluding carboxylic acids is 2. The van der Waals surface area contributed by atoms with Gasteiger partial charge in [0.2, 0.25) is 0 Å². The van der Waals surface area contributed by atoms with Crippen molar-refractivity contribution in [2.24, 2.45) is 5.73 Å². The molecule has 0 aliphatic rings. The van der Waals surface area contributed by atoms with Gasteiger partial charge in [-0.2, -0.15) is 0 Å². The van der Waals surface area contributed by atoms with E-state index in [1.54, 1.807) is 0 Å². The Morgan fingerprint density at radius 2 is 1.08 bits per heavy atom. The lowest BCUT2D eigenvalue weighted by molar-refractivity contribution is -0.161. The molecule has 286 valence electrons. The van der Waals surface area contributed by atoms with Gasteiger partial charge in [0, 0.05) is 12.8 Å². The average molecular weight is 718 g/mol. The van der Waals surface area contributed by atoms with Gasteiger partial charge < -0.3 is 25.2 Å². The molecule has 0 fully saturated rings. The number of aliphatic carboxylic acids is 1. The second kappa shape index (κ2) is 33.1. The van der Waals surface area contributed by atoms with Crippen LogP contribution in [0.3, 0.4) is 0 Å². The van der Waals surface area contributed by atoms with Crippen LogP contribution in [0.2, 0.25) is 0 Å². The van der Waals surface area contributed by atoms with Crippen LogP contribution in [-0.4, -0.2) is 59.9 Å². The van der Waals surface area contributed by atoms with Crippen molar-refractivity contribution in [2.45, 2.75) is 174 Å². The molecule has 0 aromatic carbocycles. The second-order valence-electron chi connectivity index (χ2n) is 12.7. The summed E-state index contributed by atoms with van der Waals surface area (Å²) in [5, 5.41) is 8.85. The Morgan fingerprint density at radius 3 is 1.63 bits per heavy atom. The van der Waals surface area contributed by atoms with Crippen molar-refractivity contribution in [3.8, 4) is 0 Å². The summed E-state index contributed by atoms with van der Waals surface area (Å²) >= 11 is 0. The van der Waals surface area contributed by atoms with E-state index in [-0.39, 0.29) is 19.4 Å². The van der Waals surface area contributed by atoms with Crippen LogP contribution in [0.15, 0.2) is 24.3 Å². The SMILES string of the molecule is CCCCC/C=C/C/C=C/CCCCCCCC(=O)O[C@H](COC(=O)CCCCCCCCCCCC)COP(=O)(O)OC[C@H](N)C(=O)O. The maximum atomic E-state index is 12.5. The summed E-state index contributed by atoms with van der Waals surface area (Å²) in [4.78, 5) is 45.7. The first-order valence-electron chi connectivity index (χ1n) is 18.9. The predicted molar refractivity (Wildman–Crippen MR) is 194 cm³/mol. The van der Waals surface area contributed by atoms with Gasteiger partial charge >= 0.3 is 25.7 Å². The van der Waals surface area contributed by atoms with Gasteiger partial charge in [0.25, 0.3) is 0 Å². The molecule has 0 aliphatic carbocycles. The molecular formula is C37H68NO10P. The fraction of sp³-hybridized carbons (Fsp3) is 0.811. The molecule has 0 spiro atoms. The third kappa shape index (κ3) is 32.9.